The molecule has 0 aromatic heterocycles. The molecule has 0 radical (unpaired) electrons. The smallest absolute Gasteiger partial charge is 0.371 e. The van der Waals surface area contributed by atoms with E-state index in [0.717, 1.165) is 15.4 Å². The normalized spacial score (nSPS) is 12.4. The molecule has 3 nitrogen and oxygen atoms in total. The van der Waals surface area contributed by atoms with E-state index in [1.807, 2.05) is 75.0 Å². The molecule has 0 spiro atoms. The van der Waals surface area contributed by atoms with Crippen LogP contribution < -0.4 is 0 Å². The van der Waals surface area contributed by atoms with Crippen LogP contribution in [0.4, 0.5) is 0 Å². The van der Waals surface area contributed by atoms with Crippen LogP contribution in [0, 0.1) is 0 Å². The van der Waals surface area contributed by atoms with Gasteiger partial charge >= 0.3 is 8.80 Å². The molecule has 0 atom stereocenters. The lowest BCUT2D eigenvalue weighted by Gasteiger charge is -2.26. The van der Waals surface area contributed by atoms with Gasteiger partial charge in [-0.2, -0.15) is 0 Å². The van der Waals surface area contributed by atoms with Crippen molar-refractivity contribution in [3.63, 3.8) is 0 Å². The van der Waals surface area contributed by atoms with Gasteiger partial charge in [0.25, 0.3) is 0 Å². The van der Waals surface area contributed by atoms with E-state index in [4.69, 9.17) is 36.5 Å². The van der Waals surface area contributed by atoms with Crippen LogP contribution in [0.1, 0.15) is 26.3 Å². The average Bonchev–Trinajstić information content (AvgIpc) is 2.64. The summed E-state index contributed by atoms with van der Waals surface area (Å²) in [7, 11) is -2.96. The van der Waals surface area contributed by atoms with E-state index in [1.165, 1.54) is 0 Å². The first-order chi connectivity index (χ1) is 13.0. The third kappa shape index (κ3) is 6.95. The second-order valence-electron chi connectivity index (χ2n) is 5.47. The number of hydrogen-bond acceptors (Lipinski definition) is 4. The largest absolute Gasteiger partial charge is 0.530 e. The van der Waals surface area contributed by atoms with Gasteiger partial charge in [0.15, 0.2) is 0 Å². The van der Waals surface area contributed by atoms with Gasteiger partial charge in [0.1, 0.15) is 0 Å². The van der Waals surface area contributed by atoms with Crippen molar-refractivity contribution in [3.8, 4) is 0 Å². The molecule has 146 valence electrons. The Morgan fingerprint density at radius 1 is 0.815 bits per heavy atom. The zero-order valence-corrected chi connectivity index (χ0v) is 19.0. The zero-order chi connectivity index (χ0) is 19.7. The Hall–Kier alpha value is -0.793. The van der Waals surface area contributed by atoms with Gasteiger partial charge in [-0.3, -0.25) is 0 Å². The van der Waals surface area contributed by atoms with Gasteiger partial charge in [0.05, 0.1) is 0 Å². The lowest BCUT2D eigenvalue weighted by Crippen LogP contribution is -2.44. The molecule has 0 aliphatic carbocycles. The van der Waals surface area contributed by atoms with E-state index in [-0.39, 0.29) is 0 Å². The Labute approximate surface area is 177 Å². The summed E-state index contributed by atoms with van der Waals surface area (Å²) in [6, 6.07) is 15.4. The van der Waals surface area contributed by atoms with Crippen molar-refractivity contribution in [2.45, 2.75) is 25.7 Å². The molecule has 0 bridgehead atoms. The number of halogens is 2. The highest BCUT2D eigenvalue weighted by Crippen LogP contribution is 2.37. The summed E-state index contributed by atoms with van der Waals surface area (Å²) in [5, 5.41) is 1.40. The standard InChI is InChI=1S/C20H24Cl2O3SSi/c1-4-23-27(24-5-2,25-6-3)15-20(16-7-9-17(21)10-8-16)26-19-13-11-18(22)12-14-19/h7-15H,4-6H2,1-3H3/b20-15-. The maximum absolute atomic E-state index is 6.07. The maximum Gasteiger partial charge on any atom is 0.530 e. The van der Waals surface area contributed by atoms with Gasteiger partial charge in [-0.1, -0.05) is 47.1 Å². The van der Waals surface area contributed by atoms with Crippen LogP contribution in [-0.2, 0) is 13.3 Å². The summed E-state index contributed by atoms with van der Waals surface area (Å²) in [5.41, 5.74) is 3.04. The summed E-state index contributed by atoms with van der Waals surface area (Å²) in [5.74, 6) is 0. The lowest BCUT2D eigenvalue weighted by molar-refractivity contribution is 0.0845. The fraction of sp³-hybridized carbons (Fsp3) is 0.300. The number of hydrogen-bond donors (Lipinski definition) is 0. The zero-order valence-electron chi connectivity index (χ0n) is 15.7. The summed E-state index contributed by atoms with van der Waals surface area (Å²) in [6.45, 7) is 7.39. The molecule has 0 aliphatic heterocycles. The first-order valence-electron chi connectivity index (χ1n) is 8.86. The van der Waals surface area contributed by atoms with Crippen LogP contribution in [0.5, 0.6) is 0 Å². The summed E-state index contributed by atoms with van der Waals surface area (Å²) in [6.07, 6.45) is 0. The Morgan fingerprint density at radius 2 is 1.26 bits per heavy atom. The maximum atomic E-state index is 6.07. The highest BCUT2D eigenvalue weighted by Gasteiger charge is 2.39. The van der Waals surface area contributed by atoms with Gasteiger partial charge in [0.2, 0.25) is 0 Å². The van der Waals surface area contributed by atoms with Crippen molar-refractivity contribution in [1.29, 1.82) is 0 Å². The topological polar surface area (TPSA) is 27.7 Å². The van der Waals surface area contributed by atoms with E-state index >= 15 is 0 Å². The summed E-state index contributed by atoms with van der Waals surface area (Å²) >= 11 is 13.7. The quantitative estimate of drug-likeness (QED) is 0.301. The number of thioether (sulfide) groups is 1. The first-order valence-corrected chi connectivity index (χ1v) is 12.2. The summed E-state index contributed by atoms with van der Waals surface area (Å²) in [4.78, 5) is 2.06. The molecule has 0 saturated carbocycles. The molecule has 0 heterocycles. The van der Waals surface area contributed by atoms with Crippen molar-refractivity contribution in [2.75, 3.05) is 19.8 Å². The monoisotopic (exact) mass is 442 g/mol. The Morgan fingerprint density at radius 3 is 1.70 bits per heavy atom. The molecule has 0 aliphatic rings. The van der Waals surface area contributed by atoms with E-state index in [9.17, 15) is 0 Å². The van der Waals surface area contributed by atoms with Gasteiger partial charge < -0.3 is 13.3 Å². The highest BCUT2D eigenvalue weighted by atomic mass is 35.5. The van der Waals surface area contributed by atoms with E-state index in [2.05, 4.69) is 0 Å². The van der Waals surface area contributed by atoms with Gasteiger partial charge in [-0.15, -0.1) is 0 Å². The van der Waals surface area contributed by atoms with Crippen LogP contribution in [0.15, 0.2) is 59.1 Å². The summed E-state index contributed by atoms with van der Waals surface area (Å²) < 4.78 is 18.0. The fourth-order valence-corrected chi connectivity index (χ4v) is 6.33. The van der Waals surface area contributed by atoms with Crippen LogP contribution >= 0.6 is 35.0 Å². The number of benzene rings is 2. The SMILES string of the molecule is CCO[Si](/C=C(\Sc1ccc(Cl)cc1)c1ccc(Cl)cc1)(OCC)OCC. The predicted molar refractivity (Wildman–Crippen MR) is 117 cm³/mol. The van der Waals surface area contributed by atoms with Gasteiger partial charge in [0, 0.05) is 45.4 Å². The van der Waals surface area contributed by atoms with E-state index in [1.54, 1.807) is 11.8 Å². The van der Waals surface area contributed by atoms with Crippen molar-refractivity contribution >= 4 is 48.7 Å². The molecule has 2 rings (SSSR count). The number of rotatable bonds is 10. The third-order valence-corrected chi connectivity index (χ3v) is 8.02. The Bertz CT molecular complexity index is 719. The average molecular weight is 443 g/mol. The van der Waals surface area contributed by atoms with Crippen LogP contribution in [0.25, 0.3) is 4.91 Å². The van der Waals surface area contributed by atoms with Crippen LogP contribution in [0.2, 0.25) is 10.0 Å². The van der Waals surface area contributed by atoms with Gasteiger partial charge in [-0.05, 0) is 62.7 Å². The molecule has 0 unspecified atom stereocenters. The minimum absolute atomic E-state index is 0.516. The van der Waals surface area contributed by atoms with Crippen molar-refractivity contribution < 1.29 is 13.3 Å². The Kier molecular flexibility index (Phi) is 9.39. The van der Waals surface area contributed by atoms with Crippen molar-refractivity contribution in [2.24, 2.45) is 0 Å². The first kappa shape index (κ1) is 22.5. The minimum Gasteiger partial charge on any atom is -0.371 e. The predicted octanol–water partition coefficient (Wildman–Crippen LogP) is 6.71. The molecule has 0 fully saturated rings. The molecule has 2 aromatic rings. The molecule has 2 aromatic carbocycles. The highest BCUT2D eigenvalue weighted by molar-refractivity contribution is 8.08. The Balaban J connectivity index is 2.48. The molecule has 0 saturated heterocycles. The molecular weight excluding hydrogens is 419 g/mol. The van der Waals surface area contributed by atoms with Gasteiger partial charge in [-0.25, -0.2) is 0 Å². The molecule has 0 N–H and O–H groups in total. The molecular formula is C20H24Cl2O3SSi. The van der Waals surface area contributed by atoms with Crippen LogP contribution in [0.3, 0.4) is 0 Å². The minimum atomic E-state index is -2.96. The van der Waals surface area contributed by atoms with E-state index < -0.39 is 8.80 Å². The lowest BCUT2D eigenvalue weighted by atomic mass is 10.2. The van der Waals surface area contributed by atoms with E-state index in [0.29, 0.717) is 29.9 Å². The molecule has 0 amide bonds. The molecule has 27 heavy (non-hydrogen) atoms. The van der Waals surface area contributed by atoms with Crippen molar-refractivity contribution in [3.05, 3.63) is 69.8 Å². The van der Waals surface area contributed by atoms with Crippen molar-refractivity contribution in [1.82, 2.24) is 0 Å². The third-order valence-electron chi connectivity index (χ3n) is 3.51. The second kappa shape index (κ2) is 11.3. The second-order valence-corrected chi connectivity index (χ2v) is 9.82. The van der Waals surface area contributed by atoms with Crippen LogP contribution in [-0.4, -0.2) is 28.6 Å². The fourth-order valence-electron chi connectivity index (χ4n) is 2.43. The molecule has 7 heteroatoms.